The number of Topliss-reactive ketones (excluding diaryl/α,β-unsaturated/α-hetero) is 1. The number of fused-ring (bicyclic) bond motifs is 1. The van der Waals surface area contributed by atoms with Crippen molar-refractivity contribution in [1.82, 2.24) is 10.2 Å². The van der Waals surface area contributed by atoms with Crippen LogP contribution in [0.25, 0.3) is 0 Å². The summed E-state index contributed by atoms with van der Waals surface area (Å²) in [6.45, 7) is 1.84. The lowest BCUT2D eigenvalue weighted by atomic mass is 9.48. The van der Waals surface area contributed by atoms with E-state index < -0.39 is 11.7 Å². The van der Waals surface area contributed by atoms with Crippen LogP contribution in [0.2, 0.25) is 0 Å². The van der Waals surface area contributed by atoms with Crippen LogP contribution < -0.4 is 10.1 Å². The van der Waals surface area contributed by atoms with Crippen molar-refractivity contribution in [2.24, 2.45) is 11.8 Å². The standard InChI is InChI=1S/C24H29FN2O3/c1-30-15-4-5-16-18(10-15)23-8-9-27(12-14-2-3-14)22(21(16)25)17(23)6-7-24(13-23)19(28)11-20(29)26-24/h4-5,10,14,17,21-22H,2-3,6-9,11-13H2,1H3,(H,26,29)/t17-,21+,22-,23-,24-/m0/s1. The third kappa shape index (κ3) is 2.49. The van der Waals surface area contributed by atoms with Crippen molar-refractivity contribution < 1.29 is 18.7 Å². The van der Waals surface area contributed by atoms with Gasteiger partial charge in [0.25, 0.3) is 0 Å². The fourth-order valence-corrected chi connectivity index (χ4v) is 7.18. The third-order valence-corrected chi connectivity index (χ3v) is 8.71. The van der Waals surface area contributed by atoms with Crippen LogP contribution >= 0.6 is 0 Å². The topological polar surface area (TPSA) is 58.6 Å². The Morgan fingerprint density at radius 3 is 2.77 bits per heavy atom. The molecule has 5 aliphatic rings. The molecule has 1 spiro atoms. The molecule has 3 aliphatic carbocycles. The molecule has 2 aliphatic heterocycles. The number of carbonyl (C=O) groups excluding carboxylic acids is 2. The number of methoxy groups -OCH3 is 1. The molecule has 160 valence electrons. The zero-order chi connectivity index (χ0) is 20.7. The van der Waals surface area contributed by atoms with Crippen LogP contribution in [-0.4, -0.2) is 48.4 Å². The van der Waals surface area contributed by atoms with Gasteiger partial charge < -0.3 is 10.1 Å². The van der Waals surface area contributed by atoms with Crippen molar-refractivity contribution in [1.29, 1.82) is 0 Å². The van der Waals surface area contributed by atoms with Crippen LogP contribution in [-0.2, 0) is 15.0 Å². The number of hydrogen-bond donors (Lipinski definition) is 1. The first-order chi connectivity index (χ1) is 14.5. The number of ketones is 1. The summed E-state index contributed by atoms with van der Waals surface area (Å²) >= 11 is 0. The Balaban J connectivity index is 1.48. The van der Waals surface area contributed by atoms with Crippen LogP contribution in [0, 0.1) is 11.8 Å². The van der Waals surface area contributed by atoms with Gasteiger partial charge in [0.05, 0.1) is 19.1 Å². The second-order valence-corrected chi connectivity index (χ2v) is 10.2. The minimum Gasteiger partial charge on any atom is -0.497 e. The molecule has 2 saturated carbocycles. The van der Waals surface area contributed by atoms with Gasteiger partial charge in [-0.1, -0.05) is 6.07 Å². The van der Waals surface area contributed by atoms with Crippen molar-refractivity contribution in [3.63, 3.8) is 0 Å². The summed E-state index contributed by atoms with van der Waals surface area (Å²) < 4.78 is 21.6. The molecule has 2 saturated heterocycles. The lowest BCUT2D eigenvalue weighted by Crippen LogP contribution is -2.67. The summed E-state index contributed by atoms with van der Waals surface area (Å²) in [5.74, 6) is 1.46. The van der Waals surface area contributed by atoms with Crippen LogP contribution in [0.3, 0.4) is 0 Å². The summed E-state index contributed by atoms with van der Waals surface area (Å²) in [6.07, 6.45) is 4.37. The molecular weight excluding hydrogens is 383 g/mol. The Kier molecular flexibility index (Phi) is 3.94. The Morgan fingerprint density at radius 1 is 1.23 bits per heavy atom. The van der Waals surface area contributed by atoms with Crippen molar-refractivity contribution in [3.8, 4) is 5.75 Å². The van der Waals surface area contributed by atoms with Gasteiger partial charge in [-0.3, -0.25) is 14.5 Å². The molecule has 2 heterocycles. The van der Waals surface area contributed by atoms with E-state index in [9.17, 15) is 9.59 Å². The van der Waals surface area contributed by atoms with Gasteiger partial charge in [0.15, 0.2) is 5.78 Å². The minimum absolute atomic E-state index is 0.0177. The fraction of sp³-hybridized carbons (Fsp3) is 0.667. The molecule has 5 atom stereocenters. The van der Waals surface area contributed by atoms with E-state index in [2.05, 4.69) is 10.2 Å². The molecule has 1 aromatic carbocycles. The van der Waals surface area contributed by atoms with E-state index in [0.717, 1.165) is 42.8 Å². The van der Waals surface area contributed by atoms with Gasteiger partial charge in [0, 0.05) is 18.0 Å². The van der Waals surface area contributed by atoms with E-state index in [0.29, 0.717) is 18.8 Å². The molecule has 2 bridgehead atoms. The zero-order valence-electron chi connectivity index (χ0n) is 17.5. The number of ether oxygens (including phenoxy) is 1. The summed E-state index contributed by atoms with van der Waals surface area (Å²) in [4.78, 5) is 27.4. The normalized spacial score (nSPS) is 40.1. The van der Waals surface area contributed by atoms with E-state index in [4.69, 9.17) is 4.74 Å². The number of alkyl halides is 1. The molecule has 6 heteroatoms. The monoisotopic (exact) mass is 412 g/mol. The van der Waals surface area contributed by atoms with Gasteiger partial charge >= 0.3 is 0 Å². The highest BCUT2D eigenvalue weighted by Gasteiger charge is 2.64. The Labute approximate surface area is 176 Å². The first kappa shape index (κ1) is 18.8. The van der Waals surface area contributed by atoms with Gasteiger partial charge in [-0.05, 0) is 80.2 Å². The molecule has 1 amide bonds. The van der Waals surface area contributed by atoms with Crippen LogP contribution in [0.5, 0.6) is 5.75 Å². The fourth-order valence-electron chi connectivity index (χ4n) is 7.18. The summed E-state index contributed by atoms with van der Waals surface area (Å²) in [6, 6.07) is 5.61. The van der Waals surface area contributed by atoms with Gasteiger partial charge in [-0.25, -0.2) is 4.39 Å². The van der Waals surface area contributed by atoms with Gasteiger partial charge in [-0.15, -0.1) is 0 Å². The van der Waals surface area contributed by atoms with Crippen LogP contribution in [0.1, 0.15) is 62.2 Å². The number of halogens is 1. The average molecular weight is 413 g/mol. The van der Waals surface area contributed by atoms with E-state index in [-0.39, 0.29) is 35.5 Å². The number of rotatable bonds is 3. The average Bonchev–Trinajstić information content (AvgIpc) is 3.51. The van der Waals surface area contributed by atoms with Crippen molar-refractivity contribution >= 4 is 11.7 Å². The van der Waals surface area contributed by atoms with Gasteiger partial charge in [0.2, 0.25) is 5.91 Å². The van der Waals surface area contributed by atoms with Gasteiger partial charge in [-0.2, -0.15) is 0 Å². The molecular formula is C24H29FN2O3. The van der Waals surface area contributed by atoms with Crippen molar-refractivity contribution in [3.05, 3.63) is 29.3 Å². The first-order valence-corrected chi connectivity index (χ1v) is 11.4. The molecule has 30 heavy (non-hydrogen) atoms. The number of benzene rings is 1. The number of nitrogens with one attached hydrogen (secondary N) is 1. The number of likely N-dealkylation sites (tertiary alicyclic amines) is 1. The predicted molar refractivity (Wildman–Crippen MR) is 109 cm³/mol. The lowest BCUT2D eigenvalue weighted by molar-refractivity contribution is -0.129. The largest absolute Gasteiger partial charge is 0.497 e. The maximum atomic E-state index is 16.1. The highest BCUT2D eigenvalue weighted by atomic mass is 19.1. The van der Waals surface area contributed by atoms with Crippen LogP contribution in [0.4, 0.5) is 4.39 Å². The maximum absolute atomic E-state index is 16.1. The lowest BCUT2D eigenvalue weighted by Gasteiger charge is -2.62. The summed E-state index contributed by atoms with van der Waals surface area (Å²) in [7, 11) is 1.64. The smallest absolute Gasteiger partial charge is 0.228 e. The Bertz CT molecular complexity index is 931. The number of hydrogen-bond acceptors (Lipinski definition) is 4. The number of nitrogens with zero attached hydrogens (tertiary/aromatic N) is 1. The van der Waals surface area contributed by atoms with E-state index >= 15 is 4.39 Å². The van der Waals surface area contributed by atoms with Gasteiger partial charge in [0.1, 0.15) is 11.9 Å². The SMILES string of the molecule is COc1ccc2c(c1)[C@]13CCN(CC4CC4)[C@H]([C@@H]2F)[C@@H]1CC[C@@]1(C3)NC(=O)CC1=O. The van der Waals surface area contributed by atoms with E-state index in [1.807, 2.05) is 18.2 Å². The molecule has 0 radical (unpaired) electrons. The Morgan fingerprint density at radius 2 is 2.07 bits per heavy atom. The summed E-state index contributed by atoms with van der Waals surface area (Å²) in [5, 5.41) is 3.05. The molecule has 0 unspecified atom stereocenters. The summed E-state index contributed by atoms with van der Waals surface area (Å²) in [5.41, 5.74) is 0.698. The second-order valence-electron chi connectivity index (χ2n) is 10.2. The quantitative estimate of drug-likeness (QED) is 0.776. The molecule has 0 aromatic heterocycles. The number of amides is 1. The molecule has 5 nitrogen and oxygen atoms in total. The molecule has 1 N–H and O–H groups in total. The maximum Gasteiger partial charge on any atom is 0.228 e. The highest BCUT2D eigenvalue weighted by molar-refractivity contribution is 6.10. The van der Waals surface area contributed by atoms with E-state index in [1.165, 1.54) is 12.8 Å². The highest BCUT2D eigenvalue weighted by Crippen LogP contribution is 2.62. The first-order valence-electron chi connectivity index (χ1n) is 11.4. The zero-order valence-corrected chi connectivity index (χ0v) is 17.5. The number of carbonyl (C=O) groups is 2. The van der Waals surface area contributed by atoms with Crippen molar-refractivity contribution in [2.45, 2.75) is 68.1 Å². The van der Waals surface area contributed by atoms with Crippen molar-refractivity contribution in [2.75, 3.05) is 20.2 Å². The predicted octanol–water partition coefficient (Wildman–Crippen LogP) is 3.07. The minimum atomic E-state index is -1.02. The third-order valence-electron chi connectivity index (χ3n) is 8.71. The Hall–Kier alpha value is -1.95. The molecule has 1 aromatic rings. The molecule has 6 rings (SSSR count). The second kappa shape index (κ2) is 6.28. The number of piperidine rings is 1. The molecule has 4 fully saturated rings. The van der Waals surface area contributed by atoms with E-state index in [1.54, 1.807) is 7.11 Å². The van der Waals surface area contributed by atoms with Crippen LogP contribution in [0.15, 0.2) is 18.2 Å².